The molecule has 5 nitrogen and oxygen atoms in total. The normalized spacial score (nSPS) is 14.6. The fourth-order valence-electron chi connectivity index (χ4n) is 3.31. The van der Waals surface area contributed by atoms with E-state index in [0.717, 1.165) is 18.4 Å². The molecule has 130 valence electrons. The zero-order valence-corrected chi connectivity index (χ0v) is 14.2. The fourth-order valence-corrected chi connectivity index (χ4v) is 3.31. The Hall–Kier alpha value is -2.82. The van der Waals surface area contributed by atoms with Crippen molar-refractivity contribution in [3.05, 3.63) is 70.8 Å². The van der Waals surface area contributed by atoms with Gasteiger partial charge < -0.3 is 15.7 Å². The quantitative estimate of drug-likeness (QED) is 0.784. The molecule has 0 fully saturated rings. The molecule has 3 rings (SSSR count). The van der Waals surface area contributed by atoms with Crippen LogP contribution in [0.25, 0.3) is 0 Å². The number of hydrogen-bond acceptors (Lipinski definition) is 2. The van der Waals surface area contributed by atoms with Gasteiger partial charge >= 0.3 is 12.0 Å². The first-order valence-corrected chi connectivity index (χ1v) is 8.36. The van der Waals surface area contributed by atoms with Crippen LogP contribution in [-0.2, 0) is 19.4 Å². The van der Waals surface area contributed by atoms with Crippen LogP contribution in [0.5, 0.6) is 0 Å². The lowest BCUT2D eigenvalue weighted by Gasteiger charge is -2.24. The second-order valence-corrected chi connectivity index (χ2v) is 6.97. The maximum atomic E-state index is 12.0. The molecule has 1 aliphatic rings. The molecule has 0 atom stereocenters. The molecule has 0 radical (unpaired) electrons. The summed E-state index contributed by atoms with van der Waals surface area (Å²) in [7, 11) is 0. The maximum Gasteiger partial charge on any atom is 0.335 e. The minimum absolute atomic E-state index is 0.0458. The van der Waals surface area contributed by atoms with Crippen molar-refractivity contribution in [2.45, 2.75) is 26.3 Å². The molecule has 0 heterocycles. The van der Waals surface area contributed by atoms with E-state index in [9.17, 15) is 9.59 Å². The second-order valence-electron chi connectivity index (χ2n) is 6.97. The number of benzene rings is 2. The van der Waals surface area contributed by atoms with Crippen molar-refractivity contribution >= 4 is 12.0 Å². The number of rotatable bonds is 5. The predicted molar refractivity (Wildman–Crippen MR) is 95.6 cm³/mol. The minimum Gasteiger partial charge on any atom is -0.478 e. The Bertz CT molecular complexity index is 759. The predicted octanol–water partition coefficient (Wildman–Crippen LogP) is 2.99. The minimum atomic E-state index is -0.956. The number of amides is 2. The standard InChI is InChI=1S/C20H22N2O3/c1-20(10-16-4-2-3-5-17(16)11-20)13-22-19(25)21-12-14-6-8-15(9-7-14)18(23)24/h2-9H,10-13H2,1H3,(H,23,24)(H2,21,22,25). The van der Waals surface area contributed by atoms with Crippen LogP contribution in [0, 0.1) is 5.41 Å². The number of carboxylic acid groups (broad SMARTS) is 1. The Balaban J connectivity index is 1.46. The first kappa shape index (κ1) is 17.0. The van der Waals surface area contributed by atoms with Crippen LogP contribution >= 0.6 is 0 Å². The van der Waals surface area contributed by atoms with E-state index < -0.39 is 5.97 Å². The van der Waals surface area contributed by atoms with E-state index in [1.165, 1.54) is 23.3 Å². The van der Waals surface area contributed by atoms with Crippen LogP contribution in [0.3, 0.4) is 0 Å². The first-order chi connectivity index (χ1) is 12.0. The summed E-state index contributed by atoms with van der Waals surface area (Å²) in [5, 5.41) is 14.6. The fraction of sp³-hybridized carbons (Fsp3) is 0.300. The zero-order chi connectivity index (χ0) is 17.9. The van der Waals surface area contributed by atoms with E-state index in [1.54, 1.807) is 12.1 Å². The topological polar surface area (TPSA) is 78.4 Å². The molecule has 0 bridgehead atoms. The third kappa shape index (κ3) is 4.18. The number of carbonyl (C=O) groups is 2. The van der Waals surface area contributed by atoms with E-state index >= 15 is 0 Å². The first-order valence-electron chi connectivity index (χ1n) is 8.36. The summed E-state index contributed by atoms with van der Waals surface area (Å²) in [4.78, 5) is 22.9. The molecule has 2 aromatic rings. The van der Waals surface area contributed by atoms with Gasteiger partial charge in [0.1, 0.15) is 0 Å². The summed E-state index contributed by atoms with van der Waals surface area (Å²) in [5.41, 5.74) is 3.88. The van der Waals surface area contributed by atoms with Gasteiger partial charge in [0.05, 0.1) is 5.56 Å². The van der Waals surface area contributed by atoms with Crippen molar-refractivity contribution in [2.24, 2.45) is 5.41 Å². The van der Waals surface area contributed by atoms with Gasteiger partial charge in [-0.15, -0.1) is 0 Å². The number of hydrogen-bond donors (Lipinski definition) is 3. The third-order valence-corrected chi connectivity index (χ3v) is 4.68. The lowest BCUT2D eigenvalue weighted by Crippen LogP contribution is -2.41. The number of carbonyl (C=O) groups excluding carboxylic acids is 1. The van der Waals surface area contributed by atoms with Gasteiger partial charge in [0.25, 0.3) is 0 Å². The van der Waals surface area contributed by atoms with Gasteiger partial charge in [-0.1, -0.05) is 43.3 Å². The maximum absolute atomic E-state index is 12.0. The van der Waals surface area contributed by atoms with Crippen molar-refractivity contribution < 1.29 is 14.7 Å². The van der Waals surface area contributed by atoms with Crippen molar-refractivity contribution in [2.75, 3.05) is 6.54 Å². The molecule has 0 saturated heterocycles. The molecule has 0 saturated carbocycles. The van der Waals surface area contributed by atoms with Crippen molar-refractivity contribution in [3.8, 4) is 0 Å². The second kappa shape index (κ2) is 6.97. The number of carboxylic acids is 1. The largest absolute Gasteiger partial charge is 0.478 e. The SMILES string of the molecule is CC1(CNC(=O)NCc2ccc(C(=O)O)cc2)Cc2ccccc2C1. The van der Waals surface area contributed by atoms with Crippen molar-refractivity contribution in [1.29, 1.82) is 0 Å². The van der Waals surface area contributed by atoms with Crippen LogP contribution in [-0.4, -0.2) is 23.7 Å². The van der Waals surface area contributed by atoms with Gasteiger partial charge in [0, 0.05) is 13.1 Å². The summed E-state index contributed by atoms with van der Waals surface area (Å²) in [6.07, 6.45) is 1.94. The zero-order valence-electron chi connectivity index (χ0n) is 14.2. The Labute approximate surface area is 147 Å². The van der Waals surface area contributed by atoms with Gasteiger partial charge in [-0.2, -0.15) is 0 Å². The third-order valence-electron chi connectivity index (χ3n) is 4.68. The van der Waals surface area contributed by atoms with E-state index in [4.69, 9.17) is 5.11 Å². The molecule has 0 spiro atoms. The van der Waals surface area contributed by atoms with Gasteiger partial charge in [-0.25, -0.2) is 9.59 Å². The highest BCUT2D eigenvalue weighted by Gasteiger charge is 2.32. The van der Waals surface area contributed by atoms with E-state index in [2.05, 4.69) is 41.8 Å². The van der Waals surface area contributed by atoms with Gasteiger partial charge in [-0.05, 0) is 47.1 Å². The Morgan fingerprint density at radius 1 is 1.00 bits per heavy atom. The highest BCUT2D eigenvalue weighted by Crippen LogP contribution is 2.35. The molecule has 3 N–H and O–H groups in total. The highest BCUT2D eigenvalue weighted by molar-refractivity contribution is 5.87. The number of aromatic carboxylic acids is 1. The monoisotopic (exact) mass is 338 g/mol. The summed E-state index contributed by atoms with van der Waals surface area (Å²) in [6.45, 7) is 3.17. The average molecular weight is 338 g/mol. The van der Waals surface area contributed by atoms with E-state index in [0.29, 0.717) is 13.1 Å². The van der Waals surface area contributed by atoms with Crippen LogP contribution in [0.2, 0.25) is 0 Å². The molecule has 0 aliphatic heterocycles. The number of fused-ring (bicyclic) bond motifs is 1. The van der Waals surface area contributed by atoms with Crippen molar-refractivity contribution in [3.63, 3.8) is 0 Å². The summed E-state index contributed by atoms with van der Waals surface area (Å²) in [6, 6.07) is 14.7. The average Bonchev–Trinajstić information content (AvgIpc) is 2.95. The van der Waals surface area contributed by atoms with Crippen LogP contribution in [0.1, 0.15) is 34.0 Å². The van der Waals surface area contributed by atoms with Gasteiger partial charge in [-0.3, -0.25) is 0 Å². The van der Waals surface area contributed by atoms with Gasteiger partial charge in [0.15, 0.2) is 0 Å². The lowest BCUT2D eigenvalue weighted by molar-refractivity contribution is 0.0697. The molecule has 2 amide bonds. The van der Waals surface area contributed by atoms with E-state index in [1.807, 2.05) is 0 Å². The van der Waals surface area contributed by atoms with Gasteiger partial charge in [0.2, 0.25) is 0 Å². The summed E-state index contributed by atoms with van der Waals surface area (Å²) < 4.78 is 0. The summed E-state index contributed by atoms with van der Waals surface area (Å²) >= 11 is 0. The molecule has 2 aromatic carbocycles. The Morgan fingerprint density at radius 3 is 2.16 bits per heavy atom. The molecular weight excluding hydrogens is 316 g/mol. The number of urea groups is 1. The lowest BCUT2D eigenvalue weighted by atomic mass is 9.87. The smallest absolute Gasteiger partial charge is 0.335 e. The Kier molecular flexibility index (Phi) is 4.74. The van der Waals surface area contributed by atoms with Crippen molar-refractivity contribution in [1.82, 2.24) is 10.6 Å². The van der Waals surface area contributed by atoms with Crippen LogP contribution < -0.4 is 10.6 Å². The summed E-state index contributed by atoms with van der Waals surface area (Å²) in [5.74, 6) is -0.956. The molecule has 0 aromatic heterocycles. The van der Waals surface area contributed by atoms with Crippen LogP contribution in [0.15, 0.2) is 48.5 Å². The highest BCUT2D eigenvalue weighted by atomic mass is 16.4. The number of nitrogens with one attached hydrogen (secondary N) is 2. The molecule has 25 heavy (non-hydrogen) atoms. The molecule has 1 aliphatic carbocycles. The Morgan fingerprint density at radius 2 is 1.60 bits per heavy atom. The molecular formula is C20H22N2O3. The van der Waals surface area contributed by atoms with E-state index in [-0.39, 0.29) is 17.0 Å². The molecule has 0 unspecified atom stereocenters. The van der Waals surface area contributed by atoms with Crippen LogP contribution in [0.4, 0.5) is 4.79 Å². The molecule has 5 heteroatoms.